The summed E-state index contributed by atoms with van der Waals surface area (Å²) in [5.41, 5.74) is 8.00. The third-order valence-corrected chi connectivity index (χ3v) is 6.20. The largest absolute Gasteiger partial charge is 0.303 e. The molecule has 0 saturated carbocycles. The van der Waals surface area contributed by atoms with Gasteiger partial charge in [0, 0.05) is 23.5 Å². The number of hydrogen-bond acceptors (Lipinski definition) is 3. The van der Waals surface area contributed by atoms with Crippen molar-refractivity contribution in [3.8, 4) is 17.4 Å². The number of aromatic nitrogens is 6. The molecule has 158 valence electrons. The molecular formula is C26H14N8. The minimum Gasteiger partial charge on any atom is -0.303 e. The molecular weight excluding hydrogens is 424 g/mol. The molecule has 0 saturated heterocycles. The first kappa shape index (κ1) is 18.3. The number of para-hydroxylation sites is 2. The maximum absolute atomic E-state index is 9.81. The highest BCUT2D eigenvalue weighted by molar-refractivity contribution is 5.95. The molecule has 3 aromatic carbocycles. The molecule has 8 heteroatoms. The van der Waals surface area contributed by atoms with Crippen LogP contribution in [-0.4, -0.2) is 28.4 Å². The van der Waals surface area contributed by atoms with Gasteiger partial charge in [0.2, 0.25) is 5.69 Å². The zero-order chi connectivity index (χ0) is 22.8. The first-order valence-electron chi connectivity index (χ1n) is 10.6. The number of benzene rings is 3. The molecule has 7 aromatic rings. The standard InChI is InChI=1S/C26H14N8/c1-28-20-8-4-10-22-26(20)32(24-12-14-30-34(22)24)19-7-3-6-18(15-19)31-23-11-13-29-33(23)21-9-2-5-17(16-27)25(21)31/h2-15H. The summed E-state index contributed by atoms with van der Waals surface area (Å²) in [6, 6.07) is 25.6. The topological polar surface area (TPSA) is 72.6 Å². The van der Waals surface area contributed by atoms with Crippen molar-refractivity contribution in [3.05, 3.63) is 102 Å². The number of fused-ring (bicyclic) bond motifs is 6. The van der Waals surface area contributed by atoms with Gasteiger partial charge in [-0.15, -0.1) is 0 Å². The lowest BCUT2D eigenvalue weighted by atomic mass is 10.2. The molecule has 0 atom stereocenters. The van der Waals surface area contributed by atoms with Gasteiger partial charge in [-0.05, 0) is 36.4 Å². The van der Waals surface area contributed by atoms with Gasteiger partial charge in [-0.25, -0.2) is 13.9 Å². The molecule has 0 fully saturated rings. The van der Waals surface area contributed by atoms with Crippen molar-refractivity contribution in [2.75, 3.05) is 0 Å². The molecule has 0 bridgehead atoms. The Labute approximate surface area is 192 Å². The van der Waals surface area contributed by atoms with Gasteiger partial charge in [-0.3, -0.25) is 4.57 Å². The average Bonchev–Trinajstić information content (AvgIpc) is 3.64. The van der Waals surface area contributed by atoms with Gasteiger partial charge >= 0.3 is 0 Å². The van der Waals surface area contributed by atoms with Crippen molar-refractivity contribution < 1.29 is 0 Å². The van der Waals surface area contributed by atoms with Crippen molar-refractivity contribution in [2.24, 2.45) is 0 Å². The van der Waals surface area contributed by atoms with Gasteiger partial charge in [0.1, 0.15) is 17.4 Å². The zero-order valence-corrected chi connectivity index (χ0v) is 17.7. The lowest BCUT2D eigenvalue weighted by Gasteiger charge is -2.11. The van der Waals surface area contributed by atoms with Gasteiger partial charge in [-0.2, -0.15) is 15.5 Å². The summed E-state index contributed by atoms with van der Waals surface area (Å²) >= 11 is 0. The van der Waals surface area contributed by atoms with Crippen molar-refractivity contribution >= 4 is 39.0 Å². The summed E-state index contributed by atoms with van der Waals surface area (Å²) in [6.45, 7) is 7.71. The summed E-state index contributed by atoms with van der Waals surface area (Å²) in [6.07, 6.45) is 3.51. The predicted octanol–water partition coefficient (Wildman–Crippen LogP) is 5.29. The molecule has 0 spiro atoms. The molecule has 8 nitrogen and oxygen atoms in total. The van der Waals surface area contributed by atoms with Crippen LogP contribution in [0.25, 0.3) is 49.6 Å². The van der Waals surface area contributed by atoms with Crippen LogP contribution >= 0.6 is 0 Å². The molecule has 7 rings (SSSR count). The molecule has 34 heavy (non-hydrogen) atoms. The lowest BCUT2D eigenvalue weighted by Crippen LogP contribution is -1.99. The van der Waals surface area contributed by atoms with E-state index in [1.54, 1.807) is 12.4 Å². The highest BCUT2D eigenvalue weighted by Crippen LogP contribution is 2.34. The summed E-state index contributed by atoms with van der Waals surface area (Å²) in [7, 11) is 0. The second kappa shape index (κ2) is 6.58. The molecule has 0 aliphatic carbocycles. The van der Waals surface area contributed by atoms with Crippen molar-refractivity contribution in [2.45, 2.75) is 0 Å². The number of imidazole rings is 2. The Hall–Kier alpha value is -5.34. The van der Waals surface area contributed by atoms with Crippen LogP contribution in [0.2, 0.25) is 0 Å². The zero-order valence-electron chi connectivity index (χ0n) is 17.7. The van der Waals surface area contributed by atoms with E-state index >= 15 is 0 Å². The van der Waals surface area contributed by atoms with Crippen LogP contribution in [0.4, 0.5) is 5.69 Å². The summed E-state index contributed by atoms with van der Waals surface area (Å²) in [5, 5.41) is 18.8. The third-order valence-electron chi connectivity index (χ3n) is 6.20. The van der Waals surface area contributed by atoms with Crippen molar-refractivity contribution in [3.63, 3.8) is 0 Å². The first-order valence-corrected chi connectivity index (χ1v) is 10.6. The first-order chi connectivity index (χ1) is 16.8. The molecule has 0 unspecified atom stereocenters. The number of rotatable bonds is 2. The van der Waals surface area contributed by atoms with Crippen LogP contribution in [0.1, 0.15) is 5.56 Å². The Morgan fingerprint density at radius 1 is 0.735 bits per heavy atom. The highest BCUT2D eigenvalue weighted by Gasteiger charge is 2.19. The van der Waals surface area contributed by atoms with Gasteiger partial charge in [0.05, 0.1) is 46.6 Å². The lowest BCUT2D eigenvalue weighted by molar-refractivity contribution is 0.987. The highest BCUT2D eigenvalue weighted by atomic mass is 15.3. The molecule has 0 N–H and O–H groups in total. The Morgan fingerprint density at radius 3 is 1.97 bits per heavy atom. The van der Waals surface area contributed by atoms with Crippen LogP contribution in [0, 0.1) is 17.9 Å². The van der Waals surface area contributed by atoms with E-state index < -0.39 is 0 Å². The van der Waals surface area contributed by atoms with Crippen LogP contribution in [-0.2, 0) is 0 Å². The summed E-state index contributed by atoms with van der Waals surface area (Å²) in [5.74, 6) is 0. The van der Waals surface area contributed by atoms with Crippen LogP contribution < -0.4 is 0 Å². The minimum atomic E-state index is 0.560. The summed E-state index contributed by atoms with van der Waals surface area (Å²) in [4.78, 5) is 3.76. The molecule has 4 heterocycles. The monoisotopic (exact) mass is 438 g/mol. The van der Waals surface area contributed by atoms with E-state index in [1.165, 1.54) is 0 Å². The van der Waals surface area contributed by atoms with E-state index in [0.717, 1.165) is 44.7 Å². The van der Waals surface area contributed by atoms with E-state index in [-0.39, 0.29) is 0 Å². The van der Waals surface area contributed by atoms with Crippen LogP contribution in [0.5, 0.6) is 0 Å². The molecule has 0 aliphatic heterocycles. The van der Waals surface area contributed by atoms with E-state index in [9.17, 15) is 5.26 Å². The van der Waals surface area contributed by atoms with Gasteiger partial charge < -0.3 is 4.57 Å². The number of nitrogens with zero attached hydrogens (tertiary/aromatic N) is 8. The van der Waals surface area contributed by atoms with Crippen molar-refractivity contribution in [1.82, 2.24) is 28.4 Å². The number of hydrogen-bond donors (Lipinski definition) is 0. The quantitative estimate of drug-likeness (QED) is 0.344. The normalized spacial score (nSPS) is 11.5. The predicted molar refractivity (Wildman–Crippen MR) is 129 cm³/mol. The fourth-order valence-electron chi connectivity index (χ4n) is 4.86. The van der Waals surface area contributed by atoms with E-state index in [0.29, 0.717) is 11.3 Å². The third kappa shape index (κ3) is 2.23. The van der Waals surface area contributed by atoms with E-state index in [2.05, 4.69) is 36.3 Å². The van der Waals surface area contributed by atoms with Gasteiger partial charge in [0.25, 0.3) is 0 Å². The maximum atomic E-state index is 9.81. The van der Waals surface area contributed by atoms with Gasteiger partial charge in [-0.1, -0.05) is 24.3 Å². The summed E-state index contributed by atoms with van der Waals surface area (Å²) < 4.78 is 7.81. The van der Waals surface area contributed by atoms with E-state index in [1.807, 2.05) is 75.8 Å². The molecule has 0 amide bonds. The minimum absolute atomic E-state index is 0.560. The van der Waals surface area contributed by atoms with Gasteiger partial charge in [0.15, 0.2) is 0 Å². The fourth-order valence-corrected chi connectivity index (χ4v) is 4.86. The maximum Gasteiger partial charge on any atom is 0.212 e. The molecule has 0 aliphatic rings. The van der Waals surface area contributed by atoms with E-state index in [4.69, 9.17) is 6.57 Å². The average molecular weight is 438 g/mol. The van der Waals surface area contributed by atoms with Crippen molar-refractivity contribution in [1.29, 1.82) is 5.26 Å². The fraction of sp³-hybridized carbons (Fsp3) is 0. The smallest absolute Gasteiger partial charge is 0.212 e. The Morgan fingerprint density at radius 2 is 1.32 bits per heavy atom. The van der Waals surface area contributed by atoms with Crippen LogP contribution in [0.15, 0.2) is 85.2 Å². The Kier molecular flexibility index (Phi) is 3.53. The second-order valence-electron chi connectivity index (χ2n) is 7.93. The Bertz CT molecular complexity index is 1860. The SMILES string of the molecule is [C-]#[N+]c1cccc2c1n(-c1cccc(-n3c4c(C#N)cccc4n4nccc34)c1)c1ccnn21. The van der Waals surface area contributed by atoms with Crippen LogP contribution in [0.3, 0.4) is 0 Å². The molecule has 0 radical (unpaired) electrons. The Balaban J connectivity index is 1.58. The molecule has 4 aromatic heterocycles. The second-order valence-corrected chi connectivity index (χ2v) is 7.93. The number of nitriles is 1.